The normalized spacial score (nSPS) is 17.0. The number of nitrogens with two attached hydrogens (primary N) is 1. The Balaban J connectivity index is 1.52. The van der Waals surface area contributed by atoms with Gasteiger partial charge in [-0.25, -0.2) is 0 Å². The summed E-state index contributed by atoms with van der Waals surface area (Å²) in [5, 5.41) is 15.4. The summed E-state index contributed by atoms with van der Waals surface area (Å²) in [4.78, 5) is 15.3. The zero-order valence-corrected chi connectivity index (χ0v) is 24.1. The standard InChI is InChI=1S/C34H37ClN2O4/c1-40-19-5-4-17-34(39,31-23-37(18-20-41-31)33(38)26-13-11-24(22-36)12-14-26)29-9-6-10-30(35)32(29)28-16-15-25-7-2-3-8-27(25)21-28/h2-3,6-16,21,31,39H,4-5,17-20,22-23,36H2,1H3/t31-,34-/m1/s1. The number of fused-ring (bicyclic) bond motifs is 1. The Morgan fingerprint density at radius 3 is 2.59 bits per heavy atom. The molecule has 5 rings (SSSR count). The summed E-state index contributed by atoms with van der Waals surface area (Å²) in [5.74, 6) is -0.0931. The summed E-state index contributed by atoms with van der Waals surface area (Å²) in [6.45, 7) is 2.04. The van der Waals surface area contributed by atoms with Crippen molar-refractivity contribution in [3.05, 3.63) is 107 Å². The lowest BCUT2D eigenvalue weighted by Crippen LogP contribution is -2.54. The van der Waals surface area contributed by atoms with Gasteiger partial charge in [-0.1, -0.05) is 72.3 Å². The van der Waals surface area contributed by atoms with E-state index in [1.165, 1.54) is 0 Å². The Kier molecular flexibility index (Phi) is 9.38. The molecule has 4 aromatic carbocycles. The molecule has 7 heteroatoms. The van der Waals surface area contributed by atoms with Crippen LogP contribution in [0.25, 0.3) is 21.9 Å². The molecule has 1 heterocycles. The molecule has 0 bridgehead atoms. The SMILES string of the molecule is COCCCC[C@@](O)(c1cccc(Cl)c1-c1ccc2ccccc2c1)[C@H]1CN(C(=O)c2ccc(CN)cc2)CCO1. The molecule has 0 unspecified atom stereocenters. The number of hydrogen-bond acceptors (Lipinski definition) is 5. The molecular formula is C34H37ClN2O4. The first-order valence-corrected chi connectivity index (χ1v) is 14.5. The molecule has 0 spiro atoms. The Bertz CT molecular complexity index is 1490. The van der Waals surface area contributed by atoms with Crippen LogP contribution in [0.2, 0.25) is 5.02 Å². The highest BCUT2D eigenvalue weighted by Crippen LogP contribution is 2.43. The molecule has 1 fully saturated rings. The average molecular weight is 573 g/mol. The predicted molar refractivity (Wildman–Crippen MR) is 164 cm³/mol. The van der Waals surface area contributed by atoms with E-state index in [4.69, 9.17) is 26.8 Å². The second kappa shape index (κ2) is 13.1. The molecular weight excluding hydrogens is 536 g/mol. The first kappa shape index (κ1) is 29.2. The van der Waals surface area contributed by atoms with Crippen LogP contribution in [0.4, 0.5) is 0 Å². The van der Waals surface area contributed by atoms with Gasteiger partial charge < -0.3 is 25.2 Å². The van der Waals surface area contributed by atoms with Gasteiger partial charge in [0, 0.05) is 43.0 Å². The van der Waals surface area contributed by atoms with Crippen molar-refractivity contribution >= 4 is 28.3 Å². The van der Waals surface area contributed by atoms with Crippen molar-refractivity contribution in [1.82, 2.24) is 4.90 Å². The van der Waals surface area contributed by atoms with Gasteiger partial charge in [-0.2, -0.15) is 0 Å². The van der Waals surface area contributed by atoms with Gasteiger partial charge in [0.15, 0.2) is 0 Å². The molecule has 6 nitrogen and oxygen atoms in total. The van der Waals surface area contributed by atoms with Crippen LogP contribution >= 0.6 is 11.6 Å². The first-order valence-electron chi connectivity index (χ1n) is 14.1. The topological polar surface area (TPSA) is 85.0 Å². The van der Waals surface area contributed by atoms with E-state index in [2.05, 4.69) is 24.3 Å². The minimum Gasteiger partial charge on any atom is -0.385 e. The van der Waals surface area contributed by atoms with Crippen molar-refractivity contribution in [2.24, 2.45) is 5.73 Å². The van der Waals surface area contributed by atoms with Crippen LogP contribution in [0.15, 0.2) is 84.9 Å². The van der Waals surface area contributed by atoms with Crippen LogP contribution in [-0.4, -0.2) is 55.4 Å². The summed E-state index contributed by atoms with van der Waals surface area (Å²) in [5.41, 5.74) is 8.28. The van der Waals surface area contributed by atoms with E-state index in [1.807, 2.05) is 48.5 Å². The van der Waals surface area contributed by atoms with Gasteiger partial charge in [0.2, 0.25) is 0 Å². The number of benzene rings is 4. The number of aliphatic hydroxyl groups is 1. The van der Waals surface area contributed by atoms with E-state index in [0.29, 0.717) is 55.3 Å². The third-order valence-electron chi connectivity index (χ3n) is 8.00. The number of methoxy groups -OCH3 is 1. The molecule has 0 saturated carbocycles. The van der Waals surface area contributed by atoms with Crippen LogP contribution in [0.1, 0.15) is 40.7 Å². The lowest BCUT2D eigenvalue weighted by atomic mass is 9.78. The summed E-state index contributed by atoms with van der Waals surface area (Å²) in [7, 11) is 1.68. The van der Waals surface area contributed by atoms with Crippen molar-refractivity contribution in [1.29, 1.82) is 0 Å². The third kappa shape index (κ3) is 6.32. The second-order valence-corrected chi connectivity index (χ2v) is 11.0. The van der Waals surface area contributed by atoms with Gasteiger partial charge in [-0.05, 0) is 71.0 Å². The van der Waals surface area contributed by atoms with Gasteiger partial charge in [-0.15, -0.1) is 0 Å². The Morgan fingerprint density at radius 2 is 1.83 bits per heavy atom. The highest BCUT2D eigenvalue weighted by Gasteiger charge is 2.44. The molecule has 0 radical (unpaired) electrons. The number of carbonyl (C=O) groups is 1. The molecule has 0 aromatic heterocycles. The Labute approximate surface area is 246 Å². The smallest absolute Gasteiger partial charge is 0.254 e. The molecule has 2 atom stereocenters. The number of rotatable bonds is 10. The molecule has 3 N–H and O–H groups in total. The maximum absolute atomic E-state index is 13.5. The number of hydrogen-bond donors (Lipinski definition) is 2. The lowest BCUT2D eigenvalue weighted by Gasteiger charge is -2.43. The maximum Gasteiger partial charge on any atom is 0.254 e. The number of unbranched alkanes of at least 4 members (excludes halogenated alkanes) is 1. The molecule has 1 saturated heterocycles. The molecule has 0 aliphatic carbocycles. The summed E-state index contributed by atoms with van der Waals surface area (Å²) < 4.78 is 11.6. The number of halogens is 1. The predicted octanol–water partition coefficient (Wildman–Crippen LogP) is 6.16. The van der Waals surface area contributed by atoms with Gasteiger partial charge in [0.1, 0.15) is 11.7 Å². The highest BCUT2D eigenvalue weighted by molar-refractivity contribution is 6.33. The lowest BCUT2D eigenvalue weighted by molar-refractivity contribution is -0.146. The van der Waals surface area contributed by atoms with Crippen molar-refractivity contribution in [3.8, 4) is 11.1 Å². The third-order valence-corrected chi connectivity index (χ3v) is 8.31. The Hall–Kier alpha value is -3.26. The van der Waals surface area contributed by atoms with Crippen LogP contribution in [0.5, 0.6) is 0 Å². The van der Waals surface area contributed by atoms with Crippen molar-refractivity contribution in [2.75, 3.05) is 33.4 Å². The molecule has 41 heavy (non-hydrogen) atoms. The van der Waals surface area contributed by atoms with Crippen LogP contribution in [-0.2, 0) is 21.6 Å². The largest absolute Gasteiger partial charge is 0.385 e. The highest BCUT2D eigenvalue weighted by atomic mass is 35.5. The second-order valence-electron chi connectivity index (χ2n) is 10.6. The fourth-order valence-electron chi connectivity index (χ4n) is 5.72. The van der Waals surface area contributed by atoms with Gasteiger partial charge in [-0.3, -0.25) is 4.79 Å². The zero-order chi connectivity index (χ0) is 28.8. The van der Waals surface area contributed by atoms with Gasteiger partial charge >= 0.3 is 0 Å². The van der Waals surface area contributed by atoms with Crippen LogP contribution < -0.4 is 5.73 Å². The van der Waals surface area contributed by atoms with E-state index in [9.17, 15) is 9.90 Å². The van der Waals surface area contributed by atoms with E-state index in [1.54, 1.807) is 24.1 Å². The molecule has 214 valence electrons. The average Bonchev–Trinajstić information content (AvgIpc) is 3.02. The van der Waals surface area contributed by atoms with E-state index >= 15 is 0 Å². The maximum atomic E-state index is 13.5. The van der Waals surface area contributed by atoms with Crippen LogP contribution in [0, 0.1) is 0 Å². The van der Waals surface area contributed by atoms with Crippen molar-refractivity contribution in [3.63, 3.8) is 0 Å². The first-order chi connectivity index (χ1) is 19.9. The van der Waals surface area contributed by atoms with E-state index in [0.717, 1.165) is 33.9 Å². The van der Waals surface area contributed by atoms with Crippen molar-refractivity contribution < 1.29 is 19.4 Å². The number of morpholine rings is 1. The zero-order valence-electron chi connectivity index (χ0n) is 23.4. The molecule has 1 aliphatic rings. The van der Waals surface area contributed by atoms with Crippen molar-refractivity contribution in [2.45, 2.75) is 37.5 Å². The quantitative estimate of drug-likeness (QED) is 0.222. The fraction of sp³-hybridized carbons (Fsp3) is 0.324. The number of ether oxygens (including phenoxy) is 2. The minimum absolute atomic E-state index is 0.0931. The van der Waals surface area contributed by atoms with Gasteiger partial charge in [0.05, 0.1) is 13.2 Å². The summed E-state index contributed by atoms with van der Waals surface area (Å²) >= 11 is 6.88. The van der Waals surface area contributed by atoms with E-state index < -0.39 is 11.7 Å². The molecule has 1 amide bonds. The van der Waals surface area contributed by atoms with E-state index in [-0.39, 0.29) is 12.5 Å². The minimum atomic E-state index is -1.40. The fourth-order valence-corrected chi connectivity index (χ4v) is 6.01. The summed E-state index contributed by atoms with van der Waals surface area (Å²) in [6, 6.07) is 27.4. The monoisotopic (exact) mass is 572 g/mol. The summed E-state index contributed by atoms with van der Waals surface area (Å²) in [6.07, 6.45) is 1.27. The molecule has 4 aromatic rings. The molecule has 1 aliphatic heterocycles. The Morgan fingerprint density at radius 1 is 1.05 bits per heavy atom. The van der Waals surface area contributed by atoms with Crippen LogP contribution in [0.3, 0.4) is 0 Å². The number of nitrogens with zero attached hydrogens (tertiary/aromatic N) is 1. The number of carbonyl (C=O) groups excluding carboxylic acids is 1. The number of amides is 1. The van der Waals surface area contributed by atoms with Gasteiger partial charge in [0.25, 0.3) is 5.91 Å².